The minimum absolute atomic E-state index is 0.444. The molecule has 0 aromatic rings. The number of rotatable bonds is 5. The smallest absolute Gasteiger partial charge is 0.0238 e. The fourth-order valence-corrected chi connectivity index (χ4v) is 1.20. The SMILES string of the molecule is C#CCC(C)NC(C)C(C)CC. The first-order valence-corrected chi connectivity index (χ1v) is 4.81. The molecule has 3 unspecified atom stereocenters. The maximum Gasteiger partial charge on any atom is 0.0238 e. The summed E-state index contributed by atoms with van der Waals surface area (Å²) < 4.78 is 0. The Morgan fingerprint density at radius 2 is 1.92 bits per heavy atom. The van der Waals surface area contributed by atoms with Gasteiger partial charge in [-0.25, -0.2) is 0 Å². The van der Waals surface area contributed by atoms with Crippen LogP contribution in [0.5, 0.6) is 0 Å². The molecule has 0 saturated heterocycles. The van der Waals surface area contributed by atoms with E-state index in [2.05, 4.69) is 38.9 Å². The molecule has 0 heterocycles. The summed E-state index contributed by atoms with van der Waals surface area (Å²) in [5, 5.41) is 3.49. The Bertz CT molecular complexity index is 146. The van der Waals surface area contributed by atoms with Gasteiger partial charge in [0.25, 0.3) is 0 Å². The molecule has 0 fully saturated rings. The van der Waals surface area contributed by atoms with Crippen molar-refractivity contribution >= 4 is 0 Å². The van der Waals surface area contributed by atoms with Gasteiger partial charge in [0.1, 0.15) is 0 Å². The van der Waals surface area contributed by atoms with Gasteiger partial charge >= 0.3 is 0 Å². The van der Waals surface area contributed by atoms with Gasteiger partial charge in [-0.3, -0.25) is 0 Å². The molecule has 0 aromatic heterocycles. The number of terminal acetylenes is 1. The van der Waals surface area contributed by atoms with E-state index in [1.807, 2.05) is 0 Å². The van der Waals surface area contributed by atoms with E-state index in [1.54, 1.807) is 0 Å². The highest BCUT2D eigenvalue weighted by molar-refractivity contribution is 4.89. The summed E-state index contributed by atoms with van der Waals surface area (Å²) in [5.74, 6) is 3.39. The van der Waals surface area contributed by atoms with Crippen LogP contribution in [0.3, 0.4) is 0 Å². The molecule has 0 radical (unpaired) electrons. The molecule has 0 aliphatic carbocycles. The molecule has 1 heteroatoms. The number of hydrogen-bond acceptors (Lipinski definition) is 1. The Morgan fingerprint density at radius 3 is 2.33 bits per heavy atom. The summed E-state index contributed by atoms with van der Waals surface area (Å²) in [7, 11) is 0. The van der Waals surface area contributed by atoms with E-state index in [1.165, 1.54) is 6.42 Å². The summed E-state index contributed by atoms with van der Waals surface area (Å²) in [6.45, 7) is 8.84. The molecule has 0 spiro atoms. The standard InChI is InChI=1S/C11H21N/c1-6-8-10(4)12-11(5)9(3)7-2/h1,9-12H,7-8H2,2-5H3. The summed E-state index contributed by atoms with van der Waals surface area (Å²) in [6.07, 6.45) is 7.26. The molecule has 0 saturated carbocycles. The molecule has 12 heavy (non-hydrogen) atoms. The quantitative estimate of drug-likeness (QED) is 0.620. The lowest BCUT2D eigenvalue weighted by Gasteiger charge is -2.23. The fraction of sp³-hybridized carbons (Fsp3) is 0.818. The van der Waals surface area contributed by atoms with Crippen molar-refractivity contribution in [3.63, 3.8) is 0 Å². The third-order valence-corrected chi connectivity index (χ3v) is 2.47. The van der Waals surface area contributed by atoms with Crippen LogP contribution in [0, 0.1) is 18.3 Å². The first-order chi connectivity index (χ1) is 5.61. The Kier molecular flexibility index (Phi) is 5.84. The molecule has 1 N–H and O–H groups in total. The molecule has 1 nitrogen and oxygen atoms in total. The van der Waals surface area contributed by atoms with Crippen molar-refractivity contribution in [1.29, 1.82) is 0 Å². The predicted molar refractivity (Wildman–Crippen MR) is 55.0 cm³/mol. The minimum atomic E-state index is 0.444. The highest BCUT2D eigenvalue weighted by Crippen LogP contribution is 2.07. The van der Waals surface area contributed by atoms with Crippen molar-refractivity contribution in [2.45, 2.75) is 52.6 Å². The molecule has 0 rings (SSSR count). The monoisotopic (exact) mass is 167 g/mol. The van der Waals surface area contributed by atoms with Crippen molar-refractivity contribution in [2.24, 2.45) is 5.92 Å². The third kappa shape index (κ3) is 4.41. The molecule has 0 aliphatic heterocycles. The van der Waals surface area contributed by atoms with Crippen molar-refractivity contribution < 1.29 is 0 Å². The zero-order chi connectivity index (χ0) is 9.56. The maximum absolute atomic E-state index is 5.22. The summed E-state index contributed by atoms with van der Waals surface area (Å²) in [5.41, 5.74) is 0. The van der Waals surface area contributed by atoms with E-state index in [9.17, 15) is 0 Å². The van der Waals surface area contributed by atoms with Gasteiger partial charge in [0.15, 0.2) is 0 Å². The zero-order valence-corrected chi connectivity index (χ0v) is 8.72. The van der Waals surface area contributed by atoms with Gasteiger partial charge in [0.05, 0.1) is 0 Å². The molecule has 0 amide bonds. The van der Waals surface area contributed by atoms with Gasteiger partial charge in [-0.2, -0.15) is 0 Å². The van der Waals surface area contributed by atoms with Gasteiger partial charge in [-0.05, 0) is 19.8 Å². The zero-order valence-electron chi connectivity index (χ0n) is 8.72. The van der Waals surface area contributed by atoms with Crippen LogP contribution in [-0.2, 0) is 0 Å². The van der Waals surface area contributed by atoms with Crippen LogP contribution in [0.2, 0.25) is 0 Å². The number of nitrogens with one attached hydrogen (secondary N) is 1. The lowest BCUT2D eigenvalue weighted by atomic mass is 10.00. The molecule has 0 aromatic carbocycles. The van der Waals surface area contributed by atoms with Crippen molar-refractivity contribution in [1.82, 2.24) is 5.32 Å². The molecular weight excluding hydrogens is 146 g/mol. The maximum atomic E-state index is 5.22. The second kappa shape index (κ2) is 6.08. The van der Waals surface area contributed by atoms with Crippen LogP contribution in [0.25, 0.3) is 0 Å². The topological polar surface area (TPSA) is 12.0 Å². The second-order valence-electron chi connectivity index (χ2n) is 3.65. The first-order valence-electron chi connectivity index (χ1n) is 4.81. The third-order valence-electron chi connectivity index (χ3n) is 2.47. The Morgan fingerprint density at radius 1 is 1.33 bits per heavy atom. The average Bonchev–Trinajstić information content (AvgIpc) is 2.03. The lowest BCUT2D eigenvalue weighted by molar-refractivity contribution is 0.359. The van der Waals surface area contributed by atoms with E-state index >= 15 is 0 Å². The van der Waals surface area contributed by atoms with Gasteiger partial charge in [0.2, 0.25) is 0 Å². The predicted octanol–water partition coefficient (Wildman–Crippen LogP) is 2.42. The Balaban J connectivity index is 3.68. The summed E-state index contributed by atoms with van der Waals surface area (Å²) in [4.78, 5) is 0. The second-order valence-corrected chi connectivity index (χ2v) is 3.65. The Labute approximate surface area is 76.9 Å². The van der Waals surface area contributed by atoms with Crippen molar-refractivity contribution in [2.75, 3.05) is 0 Å². The highest BCUT2D eigenvalue weighted by Gasteiger charge is 2.11. The van der Waals surface area contributed by atoms with Crippen LogP contribution in [0.15, 0.2) is 0 Å². The van der Waals surface area contributed by atoms with E-state index in [0.717, 1.165) is 12.3 Å². The molecular formula is C11H21N. The van der Waals surface area contributed by atoms with Gasteiger partial charge in [0, 0.05) is 18.5 Å². The van der Waals surface area contributed by atoms with E-state index in [4.69, 9.17) is 6.42 Å². The van der Waals surface area contributed by atoms with Crippen LogP contribution in [0.1, 0.15) is 40.5 Å². The van der Waals surface area contributed by atoms with Crippen LogP contribution in [0.4, 0.5) is 0 Å². The average molecular weight is 167 g/mol. The molecule has 3 atom stereocenters. The molecule has 0 bridgehead atoms. The number of hydrogen-bond donors (Lipinski definition) is 1. The van der Waals surface area contributed by atoms with Crippen molar-refractivity contribution in [3.05, 3.63) is 0 Å². The van der Waals surface area contributed by atoms with E-state index in [-0.39, 0.29) is 0 Å². The largest absolute Gasteiger partial charge is 0.311 e. The van der Waals surface area contributed by atoms with E-state index < -0.39 is 0 Å². The molecule has 70 valence electrons. The van der Waals surface area contributed by atoms with E-state index in [0.29, 0.717) is 12.1 Å². The highest BCUT2D eigenvalue weighted by atomic mass is 14.9. The summed E-state index contributed by atoms with van der Waals surface area (Å²) in [6, 6.07) is 1.01. The van der Waals surface area contributed by atoms with Crippen molar-refractivity contribution in [3.8, 4) is 12.3 Å². The van der Waals surface area contributed by atoms with Gasteiger partial charge in [-0.1, -0.05) is 20.3 Å². The van der Waals surface area contributed by atoms with Crippen LogP contribution in [-0.4, -0.2) is 12.1 Å². The minimum Gasteiger partial charge on any atom is -0.311 e. The first kappa shape index (κ1) is 11.5. The Hall–Kier alpha value is -0.480. The molecule has 0 aliphatic rings. The van der Waals surface area contributed by atoms with Gasteiger partial charge in [-0.15, -0.1) is 12.3 Å². The van der Waals surface area contributed by atoms with Crippen LogP contribution < -0.4 is 5.32 Å². The summed E-state index contributed by atoms with van der Waals surface area (Å²) >= 11 is 0. The van der Waals surface area contributed by atoms with Gasteiger partial charge < -0.3 is 5.32 Å². The fourth-order valence-electron chi connectivity index (χ4n) is 1.20. The normalized spacial score (nSPS) is 17.9. The van der Waals surface area contributed by atoms with Crippen LogP contribution >= 0.6 is 0 Å². The lowest BCUT2D eigenvalue weighted by Crippen LogP contribution is -2.38.